The normalized spacial score (nSPS) is 10.2. The van der Waals surface area contributed by atoms with E-state index in [2.05, 4.69) is 21.2 Å². The lowest BCUT2D eigenvalue weighted by Gasteiger charge is -2.10. The van der Waals surface area contributed by atoms with Gasteiger partial charge < -0.3 is 5.32 Å². The number of benzene rings is 2. The average Bonchev–Trinajstić information content (AvgIpc) is 2.41. The second kappa shape index (κ2) is 6.01. The van der Waals surface area contributed by atoms with E-state index in [1.54, 1.807) is 24.3 Å². The van der Waals surface area contributed by atoms with Crippen LogP contribution in [0.5, 0.6) is 0 Å². The lowest BCUT2D eigenvalue weighted by molar-refractivity contribution is 0.101. The van der Waals surface area contributed by atoms with Crippen LogP contribution < -0.4 is 5.32 Å². The predicted molar refractivity (Wildman–Crippen MR) is 83.3 cm³/mol. The van der Waals surface area contributed by atoms with Gasteiger partial charge in [0.05, 0.1) is 0 Å². The standard InChI is InChI=1S/C16H14BrNO2/c1-10-3-4-13(11(2)19)9-15(10)18-16(20)12-5-7-14(17)8-6-12/h3-9H,1-2H3,(H,18,20). The van der Waals surface area contributed by atoms with Crippen molar-refractivity contribution < 1.29 is 9.59 Å². The summed E-state index contributed by atoms with van der Waals surface area (Å²) in [6, 6.07) is 12.4. The highest BCUT2D eigenvalue weighted by molar-refractivity contribution is 9.10. The van der Waals surface area contributed by atoms with Crippen LogP contribution in [-0.4, -0.2) is 11.7 Å². The molecule has 2 rings (SSSR count). The maximum atomic E-state index is 12.1. The fourth-order valence-electron chi connectivity index (χ4n) is 1.77. The number of carbonyl (C=O) groups is 2. The Morgan fingerprint density at radius 2 is 1.60 bits per heavy atom. The number of hydrogen-bond acceptors (Lipinski definition) is 2. The van der Waals surface area contributed by atoms with Crippen molar-refractivity contribution in [3.05, 3.63) is 63.6 Å². The summed E-state index contributed by atoms with van der Waals surface area (Å²) in [4.78, 5) is 23.5. The molecule has 0 spiro atoms. The first-order valence-electron chi connectivity index (χ1n) is 6.16. The molecule has 2 aromatic carbocycles. The maximum absolute atomic E-state index is 12.1. The molecule has 0 heterocycles. The highest BCUT2D eigenvalue weighted by Crippen LogP contribution is 2.19. The summed E-state index contributed by atoms with van der Waals surface area (Å²) >= 11 is 3.33. The van der Waals surface area contributed by atoms with E-state index >= 15 is 0 Å². The van der Waals surface area contributed by atoms with Gasteiger partial charge in [0.15, 0.2) is 5.78 Å². The van der Waals surface area contributed by atoms with E-state index in [9.17, 15) is 9.59 Å². The molecule has 0 aliphatic carbocycles. The Bertz CT molecular complexity index is 663. The summed E-state index contributed by atoms with van der Waals surface area (Å²) in [7, 11) is 0. The predicted octanol–water partition coefficient (Wildman–Crippen LogP) is 4.21. The van der Waals surface area contributed by atoms with E-state index in [1.807, 2.05) is 25.1 Å². The van der Waals surface area contributed by atoms with Gasteiger partial charge >= 0.3 is 0 Å². The number of nitrogens with one attached hydrogen (secondary N) is 1. The molecule has 0 aliphatic heterocycles. The molecule has 3 nitrogen and oxygen atoms in total. The molecular formula is C16H14BrNO2. The van der Waals surface area contributed by atoms with E-state index in [0.29, 0.717) is 16.8 Å². The van der Waals surface area contributed by atoms with Gasteiger partial charge in [-0.1, -0.05) is 28.1 Å². The third kappa shape index (κ3) is 3.33. The Morgan fingerprint density at radius 1 is 1.00 bits per heavy atom. The molecule has 1 amide bonds. The van der Waals surface area contributed by atoms with Gasteiger partial charge in [-0.25, -0.2) is 0 Å². The molecule has 0 aromatic heterocycles. The topological polar surface area (TPSA) is 46.2 Å². The summed E-state index contributed by atoms with van der Waals surface area (Å²) in [5.74, 6) is -0.217. The lowest BCUT2D eigenvalue weighted by Crippen LogP contribution is -2.13. The third-order valence-electron chi connectivity index (χ3n) is 3.00. The summed E-state index contributed by atoms with van der Waals surface area (Å²) < 4.78 is 0.920. The van der Waals surface area contributed by atoms with Crippen molar-refractivity contribution in [2.75, 3.05) is 5.32 Å². The fraction of sp³-hybridized carbons (Fsp3) is 0.125. The quantitative estimate of drug-likeness (QED) is 0.856. The fourth-order valence-corrected chi connectivity index (χ4v) is 2.04. The number of anilines is 1. The molecule has 1 N–H and O–H groups in total. The Morgan fingerprint density at radius 3 is 2.20 bits per heavy atom. The molecule has 0 saturated carbocycles. The number of ketones is 1. The lowest BCUT2D eigenvalue weighted by atomic mass is 10.1. The van der Waals surface area contributed by atoms with E-state index < -0.39 is 0 Å². The number of halogens is 1. The zero-order valence-corrected chi connectivity index (χ0v) is 12.8. The Balaban J connectivity index is 2.25. The van der Waals surface area contributed by atoms with Gasteiger partial charge in [-0.05, 0) is 49.7 Å². The number of aryl methyl sites for hydroxylation is 1. The van der Waals surface area contributed by atoms with E-state index in [-0.39, 0.29) is 11.7 Å². The van der Waals surface area contributed by atoms with E-state index in [1.165, 1.54) is 6.92 Å². The molecule has 2 aromatic rings. The molecule has 0 saturated heterocycles. The van der Waals surface area contributed by atoms with Crippen LogP contribution in [0.4, 0.5) is 5.69 Å². The average molecular weight is 332 g/mol. The number of amides is 1. The van der Waals surface area contributed by atoms with Crippen LogP contribution in [0.3, 0.4) is 0 Å². The molecule has 0 bridgehead atoms. The van der Waals surface area contributed by atoms with Crippen LogP contribution in [0, 0.1) is 6.92 Å². The number of Topliss-reactive ketones (excluding diaryl/α,β-unsaturated/α-hetero) is 1. The summed E-state index contributed by atoms with van der Waals surface area (Å²) in [5.41, 5.74) is 2.73. The van der Waals surface area contributed by atoms with Crippen LogP contribution >= 0.6 is 15.9 Å². The largest absolute Gasteiger partial charge is 0.322 e. The highest BCUT2D eigenvalue weighted by atomic mass is 79.9. The first-order chi connectivity index (χ1) is 9.47. The summed E-state index contributed by atoms with van der Waals surface area (Å²) in [6.45, 7) is 3.39. The molecule has 0 atom stereocenters. The molecule has 0 unspecified atom stereocenters. The summed E-state index contributed by atoms with van der Waals surface area (Å²) in [6.07, 6.45) is 0. The van der Waals surface area contributed by atoms with Crippen LogP contribution in [0.1, 0.15) is 33.2 Å². The van der Waals surface area contributed by atoms with Crippen molar-refractivity contribution in [1.82, 2.24) is 0 Å². The van der Waals surface area contributed by atoms with Gasteiger partial charge in [0.25, 0.3) is 5.91 Å². The second-order valence-electron chi connectivity index (χ2n) is 4.55. The van der Waals surface area contributed by atoms with Crippen molar-refractivity contribution in [2.45, 2.75) is 13.8 Å². The second-order valence-corrected chi connectivity index (χ2v) is 5.46. The molecule has 4 heteroatoms. The van der Waals surface area contributed by atoms with Gasteiger partial charge in [-0.3, -0.25) is 9.59 Å². The summed E-state index contributed by atoms with van der Waals surface area (Å²) in [5, 5.41) is 2.83. The molecule has 0 aliphatic rings. The SMILES string of the molecule is CC(=O)c1ccc(C)c(NC(=O)c2ccc(Br)cc2)c1. The van der Waals surface area contributed by atoms with Gasteiger partial charge in [0.1, 0.15) is 0 Å². The minimum Gasteiger partial charge on any atom is -0.322 e. The number of carbonyl (C=O) groups excluding carboxylic acids is 2. The molecule has 0 fully saturated rings. The highest BCUT2D eigenvalue weighted by Gasteiger charge is 2.09. The smallest absolute Gasteiger partial charge is 0.255 e. The van der Waals surface area contributed by atoms with Crippen molar-refractivity contribution in [1.29, 1.82) is 0 Å². The Hall–Kier alpha value is -1.94. The van der Waals surface area contributed by atoms with E-state index in [4.69, 9.17) is 0 Å². The van der Waals surface area contributed by atoms with Crippen molar-refractivity contribution >= 4 is 33.3 Å². The Labute approximate surface area is 126 Å². The first kappa shape index (κ1) is 14.5. The monoisotopic (exact) mass is 331 g/mol. The van der Waals surface area contributed by atoms with Crippen LogP contribution in [-0.2, 0) is 0 Å². The van der Waals surface area contributed by atoms with E-state index in [0.717, 1.165) is 10.0 Å². The first-order valence-corrected chi connectivity index (χ1v) is 6.95. The van der Waals surface area contributed by atoms with Crippen LogP contribution in [0.25, 0.3) is 0 Å². The zero-order chi connectivity index (χ0) is 14.7. The van der Waals surface area contributed by atoms with Crippen molar-refractivity contribution in [2.24, 2.45) is 0 Å². The van der Waals surface area contributed by atoms with Gasteiger partial charge in [0.2, 0.25) is 0 Å². The third-order valence-corrected chi connectivity index (χ3v) is 3.53. The Kier molecular flexibility index (Phi) is 4.35. The minimum atomic E-state index is -0.193. The molecule has 0 radical (unpaired) electrons. The molecule has 102 valence electrons. The molecular weight excluding hydrogens is 318 g/mol. The van der Waals surface area contributed by atoms with Crippen molar-refractivity contribution in [3.63, 3.8) is 0 Å². The zero-order valence-electron chi connectivity index (χ0n) is 11.2. The molecule has 20 heavy (non-hydrogen) atoms. The van der Waals surface area contributed by atoms with Crippen molar-refractivity contribution in [3.8, 4) is 0 Å². The number of rotatable bonds is 3. The van der Waals surface area contributed by atoms with Gasteiger partial charge in [0, 0.05) is 21.3 Å². The maximum Gasteiger partial charge on any atom is 0.255 e. The van der Waals surface area contributed by atoms with Crippen LogP contribution in [0.2, 0.25) is 0 Å². The minimum absolute atomic E-state index is 0.0239. The van der Waals surface area contributed by atoms with Gasteiger partial charge in [-0.15, -0.1) is 0 Å². The number of hydrogen-bond donors (Lipinski definition) is 1. The van der Waals surface area contributed by atoms with Gasteiger partial charge in [-0.2, -0.15) is 0 Å². The van der Waals surface area contributed by atoms with Crippen LogP contribution in [0.15, 0.2) is 46.9 Å².